The third-order valence-electron chi connectivity index (χ3n) is 0.697. The molecule has 0 aliphatic heterocycles. The lowest BCUT2D eigenvalue weighted by atomic mass is 10.5. The summed E-state index contributed by atoms with van der Waals surface area (Å²) >= 11 is 0. The predicted molar refractivity (Wildman–Crippen MR) is 50.5 cm³/mol. The molecule has 0 aliphatic carbocycles. The molecule has 0 aromatic rings. The third-order valence-corrected chi connectivity index (χ3v) is 0.697. The van der Waals surface area contributed by atoms with Crippen molar-refractivity contribution in [2.45, 2.75) is 40.5 Å². The molecule has 0 amide bonds. The first-order valence-electron chi connectivity index (χ1n) is 4.24. The molecule has 68 valence electrons. The van der Waals surface area contributed by atoms with Gasteiger partial charge in [0.15, 0.2) is 0 Å². The number of hydrogen-bond donors (Lipinski definition) is 1. The molecule has 0 aromatic heterocycles. The normalized spacial score (nSPS) is 8.36. The molecule has 0 atom stereocenters. The minimum absolute atomic E-state index is 0.667. The van der Waals surface area contributed by atoms with Crippen LogP contribution in [0.4, 0.5) is 0 Å². The molecule has 2 heteroatoms. The summed E-state index contributed by atoms with van der Waals surface area (Å²) in [5, 5.41) is 6.50. The maximum atomic E-state index is 6.50. The van der Waals surface area contributed by atoms with E-state index in [0.717, 1.165) is 26.1 Å². The Balaban J connectivity index is 0. The minimum atomic E-state index is 0.667. The standard InChI is InChI=1S/C6H14O.C3H7N/c1-3-5-7-6-4-2;1-3(2)4/h3-6H2,1-2H3;4H,1-2H3. The van der Waals surface area contributed by atoms with Gasteiger partial charge in [0.2, 0.25) is 0 Å². The van der Waals surface area contributed by atoms with Crippen LogP contribution in [0.3, 0.4) is 0 Å². The van der Waals surface area contributed by atoms with Crippen LogP contribution in [0, 0.1) is 5.41 Å². The van der Waals surface area contributed by atoms with Crippen molar-refractivity contribution in [1.82, 2.24) is 0 Å². The Morgan fingerprint density at radius 2 is 1.36 bits per heavy atom. The van der Waals surface area contributed by atoms with Crippen LogP contribution in [0.1, 0.15) is 40.5 Å². The fourth-order valence-electron chi connectivity index (χ4n) is 0.391. The van der Waals surface area contributed by atoms with E-state index >= 15 is 0 Å². The van der Waals surface area contributed by atoms with Crippen molar-refractivity contribution in [3.63, 3.8) is 0 Å². The number of ether oxygens (including phenoxy) is 1. The Morgan fingerprint density at radius 3 is 1.55 bits per heavy atom. The van der Waals surface area contributed by atoms with Gasteiger partial charge in [0, 0.05) is 18.9 Å². The van der Waals surface area contributed by atoms with E-state index in [9.17, 15) is 0 Å². The van der Waals surface area contributed by atoms with Crippen LogP contribution in [0.2, 0.25) is 0 Å². The lowest BCUT2D eigenvalue weighted by molar-refractivity contribution is 0.135. The van der Waals surface area contributed by atoms with Gasteiger partial charge in [0.05, 0.1) is 0 Å². The van der Waals surface area contributed by atoms with Crippen LogP contribution < -0.4 is 0 Å². The summed E-state index contributed by atoms with van der Waals surface area (Å²) < 4.78 is 5.13. The van der Waals surface area contributed by atoms with Gasteiger partial charge in [-0.1, -0.05) is 13.8 Å². The van der Waals surface area contributed by atoms with Gasteiger partial charge in [-0.3, -0.25) is 0 Å². The second kappa shape index (κ2) is 12.3. The smallest absolute Gasteiger partial charge is 0.0463 e. The molecule has 0 unspecified atom stereocenters. The van der Waals surface area contributed by atoms with Gasteiger partial charge in [-0.05, 0) is 26.7 Å². The average molecular weight is 159 g/mol. The van der Waals surface area contributed by atoms with E-state index in [1.807, 2.05) is 0 Å². The SMILES string of the molecule is CC(C)=N.CCCOCCC. The molecule has 0 rings (SSSR count). The second-order valence-electron chi connectivity index (χ2n) is 2.61. The molecule has 1 N–H and O–H groups in total. The Kier molecular flexibility index (Phi) is 14.8. The molecule has 0 saturated heterocycles. The summed E-state index contributed by atoms with van der Waals surface area (Å²) in [6, 6.07) is 0. The molecule has 11 heavy (non-hydrogen) atoms. The van der Waals surface area contributed by atoms with Gasteiger partial charge < -0.3 is 10.1 Å². The van der Waals surface area contributed by atoms with Crippen LogP contribution in [0.25, 0.3) is 0 Å². The number of nitrogens with one attached hydrogen (secondary N) is 1. The summed E-state index contributed by atoms with van der Waals surface area (Å²) in [5.41, 5.74) is 0.667. The fraction of sp³-hybridized carbons (Fsp3) is 0.889. The lowest BCUT2D eigenvalue weighted by Crippen LogP contribution is -1.92. The minimum Gasteiger partial charge on any atom is -0.381 e. The molecule has 0 fully saturated rings. The van der Waals surface area contributed by atoms with Crippen molar-refractivity contribution in [1.29, 1.82) is 5.41 Å². The highest BCUT2D eigenvalue weighted by Gasteiger charge is 1.77. The molecular formula is C9H21NO. The van der Waals surface area contributed by atoms with Crippen molar-refractivity contribution in [2.24, 2.45) is 0 Å². The molecule has 0 bridgehead atoms. The zero-order valence-electron chi connectivity index (χ0n) is 8.24. The Morgan fingerprint density at radius 1 is 1.09 bits per heavy atom. The Bertz CT molecular complexity index is 73.6. The topological polar surface area (TPSA) is 33.1 Å². The van der Waals surface area contributed by atoms with Crippen molar-refractivity contribution < 1.29 is 4.74 Å². The summed E-state index contributed by atoms with van der Waals surface area (Å²) in [6.45, 7) is 9.59. The van der Waals surface area contributed by atoms with Crippen molar-refractivity contribution >= 4 is 5.71 Å². The largest absolute Gasteiger partial charge is 0.381 e. The summed E-state index contributed by atoms with van der Waals surface area (Å²) in [7, 11) is 0. The van der Waals surface area contributed by atoms with Crippen molar-refractivity contribution in [2.75, 3.05) is 13.2 Å². The average Bonchev–Trinajstić information content (AvgIpc) is 1.88. The van der Waals surface area contributed by atoms with Crippen LogP contribution in [0.15, 0.2) is 0 Å². The zero-order chi connectivity index (χ0) is 9.11. The highest BCUT2D eigenvalue weighted by atomic mass is 16.5. The fourth-order valence-corrected chi connectivity index (χ4v) is 0.391. The van der Waals surface area contributed by atoms with E-state index in [2.05, 4.69) is 13.8 Å². The molecule has 0 spiro atoms. The van der Waals surface area contributed by atoms with Gasteiger partial charge in [0.1, 0.15) is 0 Å². The first-order valence-corrected chi connectivity index (χ1v) is 4.24. The van der Waals surface area contributed by atoms with E-state index in [-0.39, 0.29) is 0 Å². The van der Waals surface area contributed by atoms with Crippen molar-refractivity contribution in [3.05, 3.63) is 0 Å². The highest BCUT2D eigenvalue weighted by Crippen LogP contribution is 1.81. The summed E-state index contributed by atoms with van der Waals surface area (Å²) in [6.07, 6.45) is 2.28. The van der Waals surface area contributed by atoms with Gasteiger partial charge in [-0.15, -0.1) is 0 Å². The molecule has 2 nitrogen and oxygen atoms in total. The van der Waals surface area contributed by atoms with Gasteiger partial charge >= 0.3 is 0 Å². The molecule has 0 saturated carbocycles. The first kappa shape index (κ1) is 13.2. The second-order valence-corrected chi connectivity index (χ2v) is 2.61. The zero-order valence-corrected chi connectivity index (χ0v) is 8.24. The van der Waals surface area contributed by atoms with Crippen LogP contribution >= 0.6 is 0 Å². The van der Waals surface area contributed by atoms with E-state index in [1.54, 1.807) is 13.8 Å². The van der Waals surface area contributed by atoms with Crippen LogP contribution in [-0.2, 0) is 4.74 Å². The first-order chi connectivity index (χ1) is 5.15. The monoisotopic (exact) mass is 159 g/mol. The van der Waals surface area contributed by atoms with Crippen molar-refractivity contribution in [3.8, 4) is 0 Å². The van der Waals surface area contributed by atoms with Gasteiger partial charge in [-0.2, -0.15) is 0 Å². The van der Waals surface area contributed by atoms with E-state index in [1.165, 1.54) is 0 Å². The quantitative estimate of drug-likeness (QED) is 0.496. The molecular weight excluding hydrogens is 138 g/mol. The number of hydrogen-bond acceptors (Lipinski definition) is 2. The van der Waals surface area contributed by atoms with Crippen LogP contribution in [-0.4, -0.2) is 18.9 Å². The molecule has 0 aromatic carbocycles. The maximum Gasteiger partial charge on any atom is 0.0463 e. The van der Waals surface area contributed by atoms with E-state index in [4.69, 9.17) is 10.1 Å². The third kappa shape index (κ3) is 42.5. The van der Waals surface area contributed by atoms with Gasteiger partial charge in [-0.25, -0.2) is 0 Å². The predicted octanol–water partition coefficient (Wildman–Crippen LogP) is 2.87. The van der Waals surface area contributed by atoms with Crippen LogP contribution in [0.5, 0.6) is 0 Å². The highest BCUT2D eigenvalue weighted by molar-refractivity contribution is 5.75. The lowest BCUT2D eigenvalue weighted by Gasteiger charge is -1.95. The molecule has 0 radical (unpaired) electrons. The Labute approximate surface area is 70.5 Å². The number of rotatable bonds is 4. The summed E-state index contributed by atoms with van der Waals surface area (Å²) in [5.74, 6) is 0. The summed E-state index contributed by atoms with van der Waals surface area (Å²) in [4.78, 5) is 0. The van der Waals surface area contributed by atoms with E-state index in [0.29, 0.717) is 5.71 Å². The molecule has 0 heterocycles. The maximum absolute atomic E-state index is 6.50. The Hall–Kier alpha value is -0.370. The van der Waals surface area contributed by atoms with E-state index < -0.39 is 0 Å². The molecule has 0 aliphatic rings. The van der Waals surface area contributed by atoms with Gasteiger partial charge in [0.25, 0.3) is 0 Å².